The van der Waals surface area contributed by atoms with Crippen molar-refractivity contribution in [3.63, 3.8) is 0 Å². The van der Waals surface area contributed by atoms with Crippen molar-refractivity contribution in [3.8, 4) is 0 Å². The third kappa shape index (κ3) is 35.9. The molecule has 0 aromatic heterocycles. The highest BCUT2D eigenvalue weighted by molar-refractivity contribution is 5.70. The van der Waals surface area contributed by atoms with E-state index in [-0.39, 0.29) is 31.6 Å². The van der Waals surface area contributed by atoms with Gasteiger partial charge in [0.1, 0.15) is 6.61 Å². The average Bonchev–Trinajstić information content (AvgIpc) is 3.09. The van der Waals surface area contributed by atoms with Crippen LogP contribution in [0.1, 0.15) is 155 Å². The monoisotopic (exact) mass is 667 g/mol. The minimum atomic E-state index is -0.808. The van der Waals surface area contributed by atoms with E-state index in [1.807, 2.05) is 0 Å². The summed E-state index contributed by atoms with van der Waals surface area (Å²) in [6.07, 6.45) is 52.1. The van der Waals surface area contributed by atoms with Crippen molar-refractivity contribution in [1.29, 1.82) is 0 Å². The van der Waals surface area contributed by atoms with Crippen molar-refractivity contribution in [1.82, 2.24) is 0 Å². The van der Waals surface area contributed by atoms with Crippen LogP contribution in [0.4, 0.5) is 0 Å². The van der Waals surface area contributed by atoms with Crippen molar-refractivity contribution >= 4 is 11.9 Å². The lowest BCUT2D eigenvalue weighted by atomic mass is 10.1. The van der Waals surface area contributed by atoms with E-state index < -0.39 is 6.10 Å². The van der Waals surface area contributed by atoms with Gasteiger partial charge in [-0.25, -0.2) is 0 Å². The van der Waals surface area contributed by atoms with E-state index in [0.29, 0.717) is 12.8 Å². The molecule has 0 unspecified atom stereocenters. The molecule has 5 heteroatoms. The molecule has 0 saturated heterocycles. The minimum Gasteiger partial charge on any atom is -0.462 e. The summed E-state index contributed by atoms with van der Waals surface area (Å²) in [6, 6.07) is 0. The Morgan fingerprint density at radius 2 is 0.917 bits per heavy atom. The second kappa shape index (κ2) is 38.5. The van der Waals surface area contributed by atoms with Gasteiger partial charge in [0.15, 0.2) is 6.10 Å². The van der Waals surface area contributed by atoms with Crippen LogP contribution in [0.15, 0.2) is 85.1 Å². The number of hydrogen-bond acceptors (Lipinski definition) is 5. The number of esters is 2. The lowest BCUT2D eigenvalue weighted by Gasteiger charge is -2.15. The summed E-state index contributed by atoms with van der Waals surface area (Å²) in [5, 5.41) is 9.54. The molecule has 0 heterocycles. The molecule has 1 atom stereocenters. The predicted octanol–water partition coefficient (Wildman–Crippen LogP) is 11.9. The van der Waals surface area contributed by atoms with Gasteiger partial charge >= 0.3 is 11.9 Å². The van der Waals surface area contributed by atoms with Gasteiger partial charge in [0.2, 0.25) is 0 Å². The van der Waals surface area contributed by atoms with Gasteiger partial charge in [-0.15, -0.1) is 0 Å². The fourth-order valence-corrected chi connectivity index (χ4v) is 4.79. The lowest BCUT2D eigenvalue weighted by molar-refractivity contribution is -0.161. The topological polar surface area (TPSA) is 72.8 Å². The molecular weight excluding hydrogens is 596 g/mol. The van der Waals surface area contributed by atoms with Crippen LogP contribution in [-0.2, 0) is 19.1 Å². The first-order chi connectivity index (χ1) is 23.6. The van der Waals surface area contributed by atoms with Crippen LogP contribution >= 0.6 is 0 Å². The Morgan fingerprint density at radius 3 is 1.42 bits per heavy atom. The molecule has 0 fully saturated rings. The van der Waals surface area contributed by atoms with Gasteiger partial charge in [-0.2, -0.15) is 0 Å². The van der Waals surface area contributed by atoms with Crippen LogP contribution in [0.5, 0.6) is 0 Å². The highest BCUT2D eigenvalue weighted by Crippen LogP contribution is 2.11. The predicted molar refractivity (Wildman–Crippen MR) is 205 cm³/mol. The smallest absolute Gasteiger partial charge is 0.306 e. The molecule has 0 bridgehead atoms. The molecule has 0 aromatic carbocycles. The fraction of sp³-hybridized carbons (Fsp3) is 0.628. The van der Waals surface area contributed by atoms with Crippen molar-refractivity contribution in [2.45, 2.75) is 161 Å². The average molecular weight is 667 g/mol. The molecule has 0 rings (SSSR count). The Balaban J connectivity index is 3.70. The second-order valence-corrected chi connectivity index (χ2v) is 12.3. The van der Waals surface area contributed by atoms with Crippen molar-refractivity contribution < 1.29 is 24.2 Å². The Labute approximate surface area is 295 Å². The Hall–Kier alpha value is -2.92. The molecule has 0 aliphatic rings. The Bertz CT molecular complexity index is 937. The maximum atomic E-state index is 12.1. The summed E-state index contributed by atoms with van der Waals surface area (Å²) in [6.45, 7) is 3.92. The molecular formula is C43H70O5. The Kier molecular flexibility index (Phi) is 36.2. The molecule has 1 N–H and O–H groups in total. The molecule has 0 radical (unpaired) electrons. The van der Waals surface area contributed by atoms with Gasteiger partial charge in [0, 0.05) is 12.8 Å². The number of allylic oxidation sites excluding steroid dienone is 14. The highest BCUT2D eigenvalue weighted by atomic mass is 16.6. The standard InChI is InChI=1S/C43H70O5/c1-3-5-7-9-11-13-15-17-19-21-23-25-27-29-31-33-35-37-42(45)47-40-41(39-44)48-43(46)38-36-34-32-30-28-26-24-22-20-18-16-14-12-10-8-6-4-2/h6,8,11-14,17-20,24,26,30,32,41,44H,3-5,7,9-10,15-16,21-23,25,27-29,31,33-40H2,1-2H3/b8-6-,13-11-,14-12-,19-17-,20-18-,26-24-,32-30-/t41-/m0/s1. The van der Waals surface area contributed by atoms with Gasteiger partial charge in [0.05, 0.1) is 6.61 Å². The minimum absolute atomic E-state index is 0.0977. The first-order valence-electron chi connectivity index (χ1n) is 19.1. The number of hydrogen-bond donors (Lipinski definition) is 1. The summed E-state index contributed by atoms with van der Waals surface area (Å²) in [7, 11) is 0. The maximum absolute atomic E-state index is 12.1. The van der Waals surface area contributed by atoms with Crippen LogP contribution < -0.4 is 0 Å². The van der Waals surface area contributed by atoms with Gasteiger partial charge in [-0.05, 0) is 83.5 Å². The summed E-state index contributed by atoms with van der Waals surface area (Å²) in [5.74, 6) is -0.677. The van der Waals surface area contributed by atoms with Crippen molar-refractivity contribution in [3.05, 3.63) is 85.1 Å². The van der Waals surface area contributed by atoms with Gasteiger partial charge < -0.3 is 14.6 Å². The molecule has 5 nitrogen and oxygen atoms in total. The molecule has 0 amide bonds. The van der Waals surface area contributed by atoms with E-state index in [2.05, 4.69) is 98.9 Å². The zero-order chi connectivity index (χ0) is 35.0. The lowest BCUT2D eigenvalue weighted by Crippen LogP contribution is -2.28. The molecule has 0 aliphatic heterocycles. The number of ether oxygens (including phenoxy) is 2. The number of carbonyl (C=O) groups excluding carboxylic acids is 2. The zero-order valence-electron chi connectivity index (χ0n) is 30.7. The van der Waals surface area contributed by atoms with E-state index in [9.17, 15) is 14.7 Å². The second-order valence-electron chi connectivity index (χ2n) is 12.3. The fourth-order valence-electron chi connectivity index (χ4n) is 4.79. The molecule has 48 heavy (non-hydrogen) atoms. The van der Waals surface area contributed by atoms with Crippen LogP contribution in [0.25, 0.3) is 0 Å². The largest absolute Gasteiger partial charge is 0.462 e. The van der Waals surface area contributed by atoms with Crippen LogP contribution in [0, 0.1) is 0 Å². The van der Waals surface area contributed by atoms with Crippen LogP contribution in [0.3, 0.4) is 0 Å². The quantitative estimate of drug-likeness (QED) is 0.0429. The van der Waals surface area contributed by atoms with E-state index in [4.69, 9.17) is 9.47 Å². The number of unbranched alkanes of at least 4 members (excludes halogenated alkanes) is 11. The molecule has 0 saturated carbocycles. The summed E-state index contributed by atoms with van der Waals surface area (Å²) in [5.41, 5.74) is 0. The van der Waals surface area contributed by atoms with Crippen molar-refractivity contribution in [2.24, 2.45) is 0 Å². The van der Waals surface area contributed by atoms with Crippen LogP contribution in [0.2, 0.25) is 0 Å². The number of aliphatic hydroxyl groups excluding tert-OH is 1. The number of carbonyl (C=O) groups is 2. The summed E-state index contributed by atoms with van der Waals surface area (Å²) < 4.78 is 10.5. The zero-order valence-corrected chi connectivity index (χ0v) is 30.7. The van der Waals surface area contributed by atoms with E-state index in [1.54, 1.807) is 0 Å². The molecule has 0 spiro atoms. The Morgan fingerprint density at radius 1 is 0.500 bits per heavy atom. The number of rotatable bonds is 33. The van der Waals surface area contributed by atoms with Crippen LogP contribution in [-0.4, -0.2) is 36.4 Å². The van der Waals surface area contributed by atoms with Gasteiger partial charge in [-0.3, -0.25) is 9.59 Å². The molecule has 0 aliphatic carbocycles. The first kappa shape index (κ1) is 45.1. The van der Waals surface area contributed by atoms with Gasteiger partial charge in [-0.1, -0.05) is 144 Å². The van der Waals surface area contributed by atoms with Gasteiger partial charge in [0.25, 0.3) is 0 Å². The van der Waals surface area contributed by atoms with E-state index in [1.165, 1.54) is 51.4 Å². The van der Waals surface area contributed by atoms with Crippen molar-refractivity contribution in [2.75, 3.05) is 13.2 Å². The van der Waals surface area contributed by atoms with E-state index in [0.717, 1.165) is 70.6 Å². The third-order valence-electron chi connectivity index (χ3n) is 7.67. The molecule has 272 valence electrons. The molecule has 0 aromatic rings. The number of aliphatic hydroxyl groups is 1. The first-order valence-corrected chi connectivity index (χ1v) is 19.1. The van der Waals surface area contributed by atoms with E-state index >= 15 is 0 Å². The SMILES string of the molecule is CC/C=C\C/C=C\C/C=C\C/C=C\C/C=C\CCCC(=O)O[C@@H](CO)COC(=O)CCCCCCCCC/C=C\C/C=C\CCCCC. The third-order valence-corrected chi connectivity index (χ3v) is 7.67. The summed E-state index contributed by atoms with van der Waals surface area (Å²) >= 11 is 0. The maximum Gasteiger partial charge on any atom is 0.306 e. The summed E-state index contributed by atoms with van der Waals surface area (Å²) in [4.78, 5) is 24.2. The highest BCUT2D eigenvalue weighted by Gasteiger charge is 2.15. The normalized spacial score (nSPS) is 13.1.